The number of allylic oxidation sites excluding steroid dienone is 1. The molecule has 0 bridgehead atoms. The molecule has 1 aliphatic heterocycles. The molecule has 1 heterocycles. The molecule has 0 aromatic heterocycles. The maximum atomic E-state index is 10.0. The first-order valence-electron chi connectivity index (χ1n) is 16.2. The lowest BCUT2D eigenvalue weighted by Crippen LogP contribution is -2.66. The maximum absolute atomic E-state index is 10.0. The number of aliphatic hydroxyl groups excluding tert-OH is 1. The van der Waals surface area contributed by atoms with Gasteiger partial charge in [-0.15, -0.1) is 0 Å². The first-order chi connectivity index (χ1) is 19.7. The van der Waals surface area contributed by atoms with Crippen molar-refractivity contribution in [2.75, 3.05) is 6.61 Å². The van der Waals surface area contributed by atoms with E-state index in [0.29, 0.717) is 29.7 Å². The van der Waals surface area contributed by atoms with E-state index in [0.717, 1.165) is 25.0 Å². The van der Waals surface area contributed by atoms with Gasteiger partial charge >= 0.3 is 0 Å². The van der Waals surface area contributed by atoms with Crippen LogP contribution in [-0.4, -0.2) is 46.7 Å². The molecule has 3 atom stereocenters. The number of rotatable bonds is 14. The normalized spacial score (nSPS) is 19.2. The van der Waals surface area contributed by atoms with Gasteiger partial charge in [0.1, 0.15) is 6.10 Å². The zero-order valence-corrected chi connectivity index (χ0v) is 30.0. The molecule has 2 aromatic rings. The predicted molar refractivity (Wildman–Crippen MR) is 183 cm³/mol. The average Bonchev–Trinajstić information content (AvgIpc) is 2.92. The minimum atomic E-state index is -2.61. The predicted octanol–water partition coefficient (Wildman–Crippen LogP) is 8.35. The molecular weight excluding hydrogens is 553 g/mol. The SMILES string of the molecule is CC(C)[Si](O[C@H]1C=C(CC[C@H](C)O)O[C@@H](CCO[Si](c2ccccc2)(c2ccccc2)C(C)(C)C)C1)(C(C)C)C(C)C. The molecule has 0 saturated carbocycles. The van der Waals surface area contributed by atoms with Crippen molar-refractivity contribution in [3.63, 3.8) is 0 Å². The summed E-state index contributed by atoms with van der Waals surface area (Å²) >= 11 is 0. The van der Waals surface area contributed by atoms with Gasteiger partial charge in [0.25, 0.3) is 8.32 Å². The van der Waals surface area contributed by atoms with E-state index in [1.54, 1.807) is 0 Å². The zero-order chi connectivity index (χ0) is 31.1. The van der Waals surface area contributed by atoms with E-state index in [4.69, 9.17) is 13.6 Å². The lowest BCUT2D eigenvalue weighted by Gasteiger charge is -2.46. The Balaban J connectivity index is 1.89. The monoisotopic (exact) mass is 610 g/mol. The molecule has 1 N–H and O–H groups in total. The molecule has 1 aliphatic rings. The van der Waals surface area contributed by atoms with Gasteiger partial charge in [0, 0.05) is 25.9 Å². The molecule has 0 fully saturated rings. The van der Waals surface area contributed by atoms with Gasteiger partial charge in [-0.3, -0.25) is 0 Å². The zero-order valence-electron chi connectivity index (χ0n) is 28.0. The van der Waals surface area contributed by atoms with Crippen molar-refractivity contribution in [1.29, 1.82) is 0 Å². The molecule has 0 spiro atoms. The quantitative estimate of drug-likeness (QED) is 0.218. The van der Waals surface area contributed by atoms with E-state index in [9.17, 15) is 5.11 Å². The summed E-state index contributed by atoms with van der Waals surface area (Å²) in [6.07, 6.45) is 4.95. The molecule has 0 amide bonds. The highest BCUT2D eigenvalue weighted by atomic mass is 28.4. The highest BCUT2D eigenvalue weighted by Crippen LogP contribution is 2.44. The lowest BCUT2D eigenvalue weighted by molar-refractivity contribution is 0.0258. The summed E-state index contributed by atoms with van der Waals surface area (Å²) in [5, 5.41) is 12.6. The van der Waals surface area contributed by atoms with Gasteiger partial charge in [-0.2, -0.15) is 0 Å². The van der Waals surface area contributed by atoms with Crippen LogP contribution in [0.25, 0.3) is 0 Å². The second kappa shape index (κ2) is 14.8. The summed E-state index contributed by atoms with van der Waals surface area (Å²) in [4.78, 5) is 0. The van der Waals surface area contributed by atoms with Crippen molar-refractivity contribution < 1.29 is 18.7 Å². The number of hydrogen-bond acceptors (Lipinski definition) is 4. The van der Waals surface area contributed by atoms with E-state index in [2.05, 4.69) is 129 Å². The van der Waals surface area contributed by atoms with Crippen LogP contribution in [0.2, 0.25) is 21.7 Å². The van der Waals surface area contributed by atoms with Gasteiger partial charge in [0.05, 0.1) is 18.0 Å². The van der Waals surface area contributed by atoms with Gasteiger partial charge in [0.2, 0.25) is 8.32 Å². The fourth-order valence-corrected chi connectivity index (χ4v) is 17.4. The van der Waals surface area contributed by atoms with Crippen molar-refractivity contribution in [3.05, 3.63) is 72.5 Å². The standard InChI is InChI=1S/C36H58O4Si2/c1-27(2)41(28(3)4,29(5)6)40-33-25-31(22-21-30(7)37)39-32(26-33)23-24-38-42(36(8,9)10,34-17-13-11-14-18-34)35-19-15-12-16-20-35/h11-20,25,27-30,32-33,37H,21-24,26H2,1-10H3/t30-,32-,33-/m0/s1. The van der Waals surface area contributed by atoms with Gasteiger partial charge in [-0.1, -0.05) is 123 Å². The first kappa shape index (κ1) is 34.8. The number of benzene rings is 2. The van der Waals surface area contributed by atoms with Crippen LogP contribution < -0.4 is 10.4 Å². The molecule has 4 nitrogen and oxygen atoms in total. The Hall–Kier alpha value is -1.71. The highest BCUT2D eigenvalue weighted by molar-refractivity contribution is 6.99. The largest absolute Gasteiger partial charge is 0.495 e. The summed E-state index contributed by atoms with van der Waals surface area (Å²) in [6, 6.07) is 21.7. The number of aliphatic hydroxyl groups is 1. The van der Waals surface area contributed by atoms with Crippen LogP contribution >= 0.6 is 0 Å². The third kappa shape index (κ3) is 7.86. The van der Waals surface area contributed by atoms with Crippen molar-refractivity contribution in [3.8, 4) is 0 Å². The van der Waals surface area contributed by atoms with E-state index >= 15 is 0 Å². The Morgan fingerprint density at radius 2 is 1.33 bits per heavy atom. The first-order valence-corrected chi connectivity index (χ1v) is 20.3. The molecule has 42 heavy (non-hydrogen) atoms. The Kier molecular flexibility index (Phi) is 12.3. The topological polar surface area (TPSA) is 47.9 Å². The fourth-order valence-electron chi connectivity index (χ4n) is 7.36. The van der Waals surface area contributed by atoms with Gasteiger partial charge < -0.3 is 18.7 Å². The van der Waals surface area contributed by atoms with Crippen LogP contribution in [0.3, 0.4) is 0 Å². The Morgan fingerprint density at radius 1 is 0.833 bits per heavy atom. The lowest BCUT2D eigenvalue weighted by atomic mass is 10.0. The van der Waals surface area contributed by atoms with Gasteiger partial charge in [-0.05, 0) is 51.5 Å². The molecule has 3 rings (SSSR count). The van der Waals surface area contributed by atoms with Gasteiger partial charge in [0.15, 0.2) is 0 Å². The van der Waals surface area contributed by atoms with Gasteiger partial charge in [-0.25, -0.2) is 0 Å². The van der Waals surface area contributed by atoms with E-state index in [-0.39, 0.29) is 23.4 Å². The van der Waals surface area contributed by atoms with Crippen molar-refractivity contribution in [2.24, 2.45) is 0 Å². The highest BCUT2D eigenvalue weighted by Gasteiger charge is 2.50. The minimum absolute atomic E-state index is 0.0143. The minimum Gasteiger partial charge on any atom is -0.495 e. The van der Waals surface area contributed by atoms with Crippen molar-refractivity contribution >= 4 is 27.0 Å². The Bertz CT molecular complexity index is 1040. The summed E-state index contributed by atoms with van der Waals surface area (Å²) in [7, 11) is -4.68. The van der Waals surface area contributed by atoms with Crippen molar-refractivity contribution in [1.82, 2.24) is 0 Å². The molecular formula is C36H58O4Si2. The van der Waals surface area contributed by atoms with Crippen LogP contribution in [-0.2, 0) is 13.6 Å². The Labute approximate surface area is 259 Å². The van der Waals surface area contributed by atoms with Crippen LogP contribution in [0, 0.1) is 0 Å². The summed E-state index contributed by atoms with van der Waals surface area (Å²) < 4.78 is 21.1. The van der Waals surface area contributed by atoms with E-state index in [1.165, 1.54) is 10.4 Å². The Morgan fingerprint density at radius 3 is 1.76 bits per heavy atom. The number of hydrogen-bond donors (Lipinski definition) is 1. The second-order valence-electron chi connectivity index (χ2n) is 14.3. The van der Waals surface area contributed by atoms with E-state index < -0.39 is 16.6 Å². The summed E-state index contributed by atoms with van der Waals surface area (Å²) in [6.45, 7) is 23.5. The molecule has 0 radical (unpaired) electrons. The molecule has 0 aliphatic carbocycles. The third-order valence-electron chi connectivity index (χ3n) is 9.23. The third-order valence-corrected chi connectivity index (χ3v) is 20.4. The van der Waals surface area contributed by atoms with Crippen LogP contribution in [0.15, 0.2) is 72.5 Å². The molecule has 0 unspecified atom stereocenters. The van der Waals surface area contributed by atoms with E-state index in [1.807, 2.05) is 6.92 Å². The second-order valence-corrected chi connectivity index (χ2v) is 24.0. The maximum Gasteiger partial charge on any atom is 0.261 e. The van der Waals surface area contributed by atoms with Crippen molar-refractivity contribution in [2.45, 2.75) is 135 Å². The summed E-state index contributed by atoms with van der Waals surface area (Å²) in [5.41, 5.74) is 1.56. The van der Waals surface area contributed by atoms with Crippen LogP contribution in [0.1, 0.15) is 94.9 Å². The average molecular weight is 611 g/mol. The molecule has 2 aromatic carbocycles. The molecule has 0 saturated heterocycles. The van der Waals surface area contributed by atoms with Crippen LogP contribution in [0.5, 0.6) is 0 Å². The fraction of sp³-hybridized carbons (Fsp3) is 0.611. The van der Waals surface area contributed by atoms with Crippen LogP contribution in [0.4, 0.5) is 0 Å². The number of ether oxygens (including phenoxy) is 1. The molecule has 6 heteroatoms. The summed E-state index contributed by atoms with van der Waals surface area (Å²) in [5.74, 6) is 0.960. The molecule has 234 valence electrons. The smallest absolute Gasteiger partial charge is 0.261 e.